The molecule has 0 bridgehead atoms. The molecule has 4 rings (SSSR count). The molecule has 1 amide bonds. The van der Waals surface area contributed by atoms with Crippen LogP contribution in [0.3, 0.4) is 0 Å². The van der Waals surface area contributed by atoms with Gasteiger partial charge in [0.25, 0.3) is 0 Å². The zero-order chi connectivity index (χ0) is 19.7. The Bertz CT molecular complexity index is 836. The topological polar surface area (TPSA) is 68.6 Å². The Hall–Kier alpha value is -2.28. The van der Waals surface area contributed by atoms with Crippen molar-refractivity contribution in [1.82, 2.24) is 14.7 Å². The van der Waals surface area contributed by atoms with E-state index < -0.39 is 5.60 Å². The van der Waals surface area contributed by atoms with E-state index in [0.717, 1.165) is 42.5 Å². The number of hydrogen-bond acceptors (Lipinski definition) is 5. The smallest absolute Gasteiger partial charge is 0.410 e. The molecular weight excluding hydrogens is 356 g/mol. The molecule has 3 heterocycles. The summed E-state index contributed by atoms with van der Waals surface area (Å²) < 4.78 is 13.3. The molecule has 152 valence electrons. The number of nitrogens with one attached hydrogen (secondary N) is 1. The van der Waals surface area contributed by atoms with Crippen molar-refractivity contribution in [2.24, 2.45) is 0 Å². The van der Waals surface area contributed by atoms with E-state index in [1.165, 1.54) is 6.42 Å². The fourth-order valence-corrected chi connectivity index (χ4v) is 3.90. The minimum absolute atomic E-state index is 0.0438. The molecule has 1 unspecified atom stereocenters. The number of aromatic nitrogens is 2. The zero-order valence-corrected chi connectivity index (χ0v) is 17.0. The lowest BCUT2D eigenvalue weighted by molar-refractivity contribution is -0.0366. The summed E-state index contributed by atoms with van der Waals surface area (Å²) in [7, 11) is 0. The lowest BCUT2D eigenvalue weighted by Crippen LogP contribution is -2.36. The molecule has 0 spiro atoms. The number of benzene rings is 1. The maximum atomic E-state index is 12.2. The maximum absolute atomic E-state index is 12.2. The number of hydrogen-bond donors (Lipinski definition) is 1. The fourth-order valence-electron chi connectivity index (χ4n) is 3.90. The van der Waals surface area contributed by atoms with E-state index in [0.29, 0.717) is 13.1 Å². The van der Waals surface area contributed by atoms with Crippen molar-refractivity contribution in [3.63, 3.8) is 0 Å². The molecule has 7 nitrogen and oxygen atoms in total. The van der Waals surface area contributed by atoms with E-state index in [-0.39, 0.29) is 18.4 Å². The van der Waals surface area contributed by atoms with Crippen LogP contribution in [0.25, 0.3) is 10.9 Å². The average Bonchev–Trinajstić information content (AvgIpc) is 3.28. The molecule has 0 saturated carbocycles. The first kappa shape index (κ1) is 19.1. The highest BCUT2D eigenvalue weighted by Crippen LogP contribution is 2.28. The van der Waals surface area contributed by atoms with Gasteiger partial charge in [-0.15, -0.1) is 0 Å². The van der Waals surface area contributed by atoms with Gasteiger partial charge in [0.1, 0.15) is 5.60 Å². The molecule has 1 aromatic carbocycles. The average molecular weight is 386 g/mol. The van der Waals surface area contributed by atoms with Gasteiger partial charge in [0.05, 0.1) is 11.7 Å². The molecule has 1 N–H and O–H groups in total. The van der Waals surface area contributed by atoms with Crippen LogP contribution in [0, 0.1) is 0 Å². The first-order valence-electron chi connectivity index (χ1n) is 10.2. The van der Waals surface area contributed by atoms with E-state index in [9.17, 15) is 4.79 Å². The summed E-state index contributed by atoms with van der Waals surface area (Å²) in [5.74, 6) is 0. The number of anilines is 1. The van der Waals surface area contributed by atoms with Gasteiger partial charge in [-0.2, -0.15) is 5.10 Å². The number of fused-ring (bicyclic) bond motifs is 1. The Labute approximate surface area is 166 Å². The van der Waals surface area contributed by atoms with Gasteiger partial charge in [0.2, 0.25) is 0 Å². The highest BCUT2D eigenvalue weighted by atomic mass is 16.6. The third-order valence-corrected chi connectivity index (χ3v) is 5.23. The Morgan fingerprint density at radius 2 is 2.14 bits per heavy atom. The zero-order valence-electron chi connectivity index (χ0n) is 17.0. The van der Waals surface area contributed by atoms with Crippen LogP contribution < -0.4 is 5.32 Å². The number of carbonyl (C=O) groups excluding carboxylic acids is 1. The molecule has 7 heteroatoms. The number of likely N-dealkylation sites (tertiary alicyclic amines) is 1. The van der Waals surface area contributed by atoms with Crippen LogP contribution in [0.5, 0.6) is 0 Å². The fraction of sp³-hybridized carbons (Fsp3) is 0.619. The van der Waals surface area contributed by atoms with Gasteiger partial charge in [0.15, 0.2) is 6.23 Å². The van der Waals surface area contributed by atoms with E-state index >= 15 is 0 Å². The molecule has 2 atom stereocenters. The highest BCUT2D eigenvalue weighted by molar-refractivity contribution is 5.82. The molecule has 28 heavy (non-hydrogen) atoms. The molecule has 2 aliphatic heterocycles. The van der Waals surface area contributed by atoms with Gasteiger partial charge < -0.3 is 19.7 Å². The van der Waals surface area contributed by atoms with Gasteiger partial charge >= 0.3 is 6.09 Å². The number of nitrogens with zero attached hydrogens (tertiary/aromatic N) is 3. The Morgan fingerprint density at radius 1 is 1.29 bits per heavy atom. The second kappa shape index (κ2) is 7.62. The van der Waals surface area contributed by atoms with Crippen LogP contribution in [0.1, 0.15) is 52.7 Å². The summed E-state index contributed by atoms with van der Waals surface area (Å²) in [5.41, 5.74) is 1.68. The molecule has 2 aliphatic rings. The third kappa shape index (κ3) is 4.24. The van der Waals surface area contributed by atoms with Crippen LogP contribution >= 0.6 is 0 Å². The second-order valence-electron chi connectivity index (χ2n) is 8.74. The molecule has 1 aromatic heterocycles. The minimum atomic E-state index is -0.462. The second-order valence-corrected chi connectivity index (χ2v) is 8.74. The van der Waals surface area contributed by atoms with Gasteiger partial charge in [-0.1, -0.05) is 0 Å². The van der Waals surface area contributed by atoms with Gasteiger partial charge in [-0.3, -0.25) is 0 Å². The van der Waals surface area contributed by atoms with Crippen LogP contribution in [0.15, 0.2) is 24.4 Å². The predicted octanol–water partition coefficient (Wildman–Crippen LogP) is 4.16. The van der Waals surface area contributed by atoms with Crippen molar-refractivity contribution < 1.29 is 14.3 Å². The summed E-state index contributed by atoms with van der Waals surface area (Å²) in [6.07, 6.45) is 5.95. The standard InChI is InChI=1S/C21H30N4O3/c1-21(2,3)28-20(26)24-10-9-17(14-24)23-16-7-8-18-15(12-16)13-22-25(18)19-6-4-5-11-27-19/h7-8,12-13,17,19,23H,4-6,9-11,14H2,1-3H3/t17-,19?/m0/s1. The van der Waals surface area contributed by atoms with Crippen molar-refractivity contribution in [3.05, 3.63) is 24.4 Å². The molecule has 0 aliphatic carbocycles. The number of amides is 1. The summed E-state index contributed by atoms with van der Waals surface area (Å²) in [4.78, 5) is 14.0. The van der Waals surface area contributed by atoms with Crippen molar-refractivity contribution in [3.8, 4) is 0 Å². The van der Waals surface area contributed by atoms with Gasteiger partial charge in [-0.05, 0) is 64.7 Å². The Balaban J connectivity index is 1.40. The van der Waals surface area contributed by atoms with Crippen molar-refractivity contribution in [2.45, 2.75) is 64.3 Å². The van der Waals surface area contributed by atoms with Gasteiger partial charge in [-0.25, -0.2) is 9.48 Å². The minimum Gasteiger partial charge on any atom is -0.444 e. The molecule has 2 fully saturated rings. The lowest BCUT2D eigenvalue weighted by atomic mass is 10.1. The molecule has 0 radical (unpaired) electrons. The summed E-state index contributed by atoms with van der Waals surface area (Å²) in [6, 6.07) is 6.53. The number of ether oxygens (including phenoxy) is 2. The molecule has 2 aromatic rings. The molecule has 2 saturated heterocycles. The van der Waals surface area contributed by atoms with Crippen LogP contribution in [0.2, 0.25) is 0 Å². The summed E-state index contributed by atoms with van der Waals surface area (Å²) >= 11 is 0. The molecular formula is C21H30N4O3. The van der Waals surface area contributed by atoms with Crippen molar-refractivity contribution >= 4 is 22.7 Å². The van der Waals surface area contributed by atoms with Crippen molar-refractivity contribution in [2.75, 3.05) is 25.0 Å². The van der Waals surface area contributed by atoms with Gasteiger partial charge in [0, 0.05) is 36.8 Å². The lowest BCUT2D eigenvalue weighted by Gasteiger charge is -2.24. The van der Waals surface area contributed by atoms with E-state index in [1.54, 1.807) is 4.90 Å². The number of carbonyl (C=O) groups is 1. The quantitative estimate of drug-likeness (QED) is 0.858. The van der Waals surface area contributed by atoms with Crippen LogP contribution in [0.4, 0.5) is 10.5 Å². The predicted molar refractivity (Wildman–Crippen MR) is 108 cm³/mol. The Morgan fingerprint density at radius 3 is 2.89 bits per heavy atom. The highest BCUT2D eigenvalue weighted by Gasteiger charge is 2.29. The maximum Gasteiger partial charge on any atom is 0.410 e. The van der Waals surface area contributed by atoms with E-state index in [4.69, 9.17) is 9.47 Å². The Kier molecular flexibility index (Phi) is 5.19. The summed E-state index contributed by atoms with van der Waals surface area (Å²) in [5, 5.41) is 9.21. The van der Waals surface area contributed by atoms with E-state index in [2.05, 4.69) is 28.6 Å². The number of rotatable bonds is 3. The third-order valence-electron chi connectivity index (χ3n) is 5.23. The first-order valence-corrected chi connectivity index (χ1v) is 10.2. The monoisotopic (exact) mass is 386 g/mol. The summed E-state index contributed by atoms with van der Waals surface area (Å²) in [6.45, 7) is 7.86. The van der Waals surface area contributed by atoms with Crippen LogP contribution in [-0.2, 0) is 9.47 Å². The van der Waals surface area contributed by atoms with Crippen LogP contribution in [-0.4, -0.2) is 52.1 Å². The first-order chi connectivity index (χ1) is 13.4. The largest absolute Gasteiger partial charge is 0.444 e. The van der Waals surface area contributed by atoms with E-state index in [1.807, 2.05) is 31.6 Å². The normalized spacial score (nSPS) is 23.2. The van der Waals surface area contributed by atoms with Crippen molar-refractivity contribution in [1.29, 1.82) is 0 Å². The SMILES string of the molecule is CC(C)(C)OC(=O)N1CC[C@H](Nc2ccc3c(cnn3C3CCCCO3)c2)C1.